The van der Waals surface area contributed by atoms with Crippen LogP contribution in [-0.2, 0) is 0 Å². The standard InChI is InChI=1S/C13H17NOS2/c1-4-14-13(10-5-9(2)16-7-10)12-6-11(15-3)8-17-12/h5-8,13-14H,4H2,1-3H3. The average molecular weight is 267 g/mol. The minimum absolute atomic E-state index is 0.291. The number of methoxy groups -OCH3 is 1. The van der Waals surface area contributed by atoms with Gasteiger partial charge in [0.05, 0.1) is 13.2 Å². The molecule has 1 N–H and O–H groups in total. The normalized spacial score (nSPS) is 12.6. The molecule has 0 fully saturated rings. The van der Waals surface area contributed by atoms with Crippen LogP contribution in [0.4, 0.5) is 0 Å². The third kappa shape index (κ3) is 2.89. The smallest absolute Gasteiger partial charge is 0.129 e. The average Bonchev–Trinajstić information content (AvgIpc) is 2.94. The number of thiophene rings is 2. The van der Waals surface area contributed by atoms with Crippen molar-refractivity contribution in [2.45, 2.75) is 19.9 Å². The van der Waals surface area contributed by atoms with Crippen molar-refractivity contribution in [2.75, 3.05) is 13.7 Å². The summed E-state index contributed by atoms with van der Waals surface area (Å²) < 4.78 is 5.25. The van der Waals surface area contributed by atoms with Gasteiger partial charge in [0.15, 0.2) is 0 Å². The molecule has 0 radical (unpaired) electrons. The monoisotopic (exact) mass is 267 g/mol. The molecule has 1 atom stereocenters. The second-order valence-electron chi connectivity index (χ2n) is 3.87. The van der Waals surface area contributed by atoms with Crippen molar-refractivity contribution in [3.8, 4) is 5.75 Å². The fourth-order valence-electron chi connectivity index (χ4n) is 1.79. The molecule has 0 saturated heterocycles. The zero-order valence-corrected chi connectivity index (χ0v) is 12.0. The van der Waals surface area contributed by atoms with Gasteiger partial charge in [0.2, 0.25) is 0 Å². The Morgan fingerprint density at radius 1 is 1.29 bits per heavy atom. The van der Waals surface area contributed by atoms with E-state index in [1.165, 1.54) is 15.3 Å². The quantitative estimate of drug-likeness (QED) is 0.889. The van der Waals surface area contributed by atoms with Crippen LogP contribution in [0, 0.1) is 6.92 Å². The summed E-state index contributed by atoms with van der Waals surface area (Å²) >= 11 is 3.54. The van der Waals surface area contributed by atoms with Crippen LogP contribution in [-0.4, -0.2) is 13.7 Å². The zero-order chi connectivity index (χ0) is 12.3. The Morgan fingerprint density at radius 2 is 2.12 bits per heavy atom. The van der Waals surface area contributed by atoms with Crippen molar-refractivity contribution < 1.29 is 4.74 Å². The fraction of sp³-hybridized carbons (Fsp3) is 0.385. The third-order valence-electron chi connectivity index (χ3n) is 2.61. The van der Waals surface area contributed by atoms with Gasteiger partial charge in [-0.05, 0) is 36.5 Å². The molecule has 17 heavy (non-hydrogen) atoms. The Labute approximate surface area is 110 Å². The van der Waals surface area contributed by atoms with Gasteiger partial charge in [-0.3, -0.25) is 0 Å². The van der Waals surface area contributed by atoms with Crippen molar-refractivity contribution in [1.82, 2.24) is 5.32 Å². The molecular weight excluding hydrogens is 250 g/mol. The van der Waals surface area contributed by atoms with E-state index >= 15 is 0 Å². The molecule has 0 saturated carbocycles. The summed E-state index contributed by atoms with van der Waals surface area (Å²) in [6.45, 7) is 5.24. The molecule has 0 aromatic carbocycles. The molecule has 2 rings (SSSR count). The van der Waals surface area contributed by atoms with Crippen molar-refractivity contribution >= 4 is 22.7 Å². The third-order valence-corrected chi connectivity index (χ3v) is 4.46. The molecular formula is C13H17NOS2. The van der Waals surface area contributed by atoms with Gasteiger partial charge in [0, 0.05) is 15.1 Å². The molecule has 0 aliphatic carbocycles. The van der Waals surface area contributed by atoms with Crippen molar-refractivity contribution in [2.24, 2.45) is 0 Å². The topological polar surface area (TPSA) is 21.3 Å². The first-order valence-electron chi connectivity index (χ1n) is 5.65. The summed E-state index contributed by atoms with van der Waals surface area (Å²) in [6.07, 6.45) is 0. The van der Waals surface area contributed by atoms with Crippen LogP contribution >= 0.6 is 22.7 Å². The molecule has 0 bridgehead atoms. The maximum atomic E-state index is 5.25. The molecule has 0 amide bonds. The van der Waals surface area contributed by atoms with Crippen LogP contribution in [0.25, 0.3) is 0 Å². The maximum absolute atomic E-state index is 5.25. The first kappa shape index (κ1) is 12.6. The number of hydrogen-bond donors (Lipinski definition) is 1. The minimum atomic E-state index is 0.291. The van der Waals surface area contributed by atoms with Gasteiger partial charge >= 0.3 is 0 Å². The lowest BCUT2D eigenvalue weighted by Gasteiger charge is -2.14. The highest BCUT2D eigenvalue weighted by atomic mass is 32.1. The van der Waals surface area contributed by atoms with Gasteiger partial charge < -0.3 is 10.1 Å². The summed E-state index contributed by atoms with van der Waals surface area (Å²) in [5.74, 6) is 0.944. The van der Waals surface area contributed by atoms with E-state index in [1.54, 1.807) is 29.8 Å². The minimum Gasteiger partial charge on any atom is -0.496 e. The van der Waals surface area contributed by atoms with E-state index in [2.05, 4.69) is 42.1 Å². The van der Waals surface area contributed by atoms with Gasteiger partial charge in [0.1, 0.15) is 5.75 Å². The summed E-state index contributed by atoms with van der Waals surface area (Å²) in [6, 6.07) is 4.66. The SMILES string of the molecule is CCNC(c1csc(C)c1)c1cc(OC)cs1. The molecule has 92 valence electrons. The van der Waals surface area contributed by atoms with Crippen molar-refractivity contribution in [1.29, 1.82) is 0 Å². The summed E-state index contributed by atoms with van der Waals surface area (Å²) in [4.78, 5) is 2.66. The first-order chi connectivity index (χ1) is 8.24. The lowest BCUT2D eigenvalue weighted by atomic mass is 10.1. The molecule has 2 nitrogen and oxygen atoms in total. The van der Waals surface area contributed by atoms with Crippen LogP contribution in [0.1, 0.15) is 28.3 Å². The fourth-order valence-corrected chi connectivity index (χ4v) is 3.48. The molecule has 0 aliphatic heterocycles. The van der Waals surface area contributed by atoms with Gasteiger partial charge in [-0.1, -0.05) is 6.92 Å². The van der Waals surface area contributed by atoms with Crippen LogP contribution < -0.4 is 10.1 Å². The number of hydrogen-bond acceptors (Lipinski definition) is 4. The van der Waals surface area contributed by atoms with Gasteiger partial charge in [0.25, 0.3) is 0 Å². The molecule has 2 aromatic heterocycles. The molecule has 0 aliphatic rings. The second-order valence-corrected chi connectivity index (χ2v) is 5.93. The van der Waals surface area contributed by atoms with E-state index in [1.807, 2.05) is 0 Å². The van der Waals surface area contributed by atoms with E-state index in [0.29, 0.717) is 6.04 Å². The lowest BCUT2D eigenvalue weighted by molar-refractivity contribution is 0.416. The largest absolute Gasteiger partial charge is 0.496 e. The Hall–Kier alpha value is -0.840. The highest BCUT2D eigenvalue weighted by Crippen LogP contribution is 2.32. The van der Waals surface area contributed by atoms with Crippen LogP contribution in [0.15, 0.2) is 22.9 Å². The Kier molecular flexibility index (Phi) is 4.20. The van der Waals surface area contributed by atoms with Crippen LogP contribution in [0.5, 0.6) is 5.75 Å². The number of aryl methyl sites for hydroxylation is 1. The zero-order valence-electron chi connectivity index (χ0n) is 10.3. The van der Waals surface area contributed by atoms with Crippen LogP contribution in [0.3, 0.4) is 0 Å². The second kappa shape index (κ2) is 5.67. The van der Waals surface area contributed by atoms with E-state index < -0.39 is 0 Å². The van der Waals surface area contributed by atoms with E-state index in [-0.39, 0.29) is 0 Å². The van der Waals surface area contributed by atoms with Gasteiger partial charge in [-0.2, -0.15) is 0 Å². The molecule has 0 spiro atoms. The highest BCUT2D eigenvalue weighted by Gasteiger charge is 2.16. The number of rotatable bonds is 5. The van der Waals surface area contributed by atoms with E-state index in [4.69, 9.17) is 4.74 Å². The summed E-state index contributed by atoms with van der Waals surface area (Å²) in [5.41, 5.74) is 1.35. The predicted molar refractivity (Wildman–Crippen MR) is 75.4 cm³/mol. The Morgan fingerprint density at radius 3 is 2.65 bits per heavy atom. The Bertz CT molecular complexity index is 475. The summed E-state index contributed by atoms with van der Waals surface area (Å²) in [5, 5.41) is 7.81. The van der Waals surface area contributed by atoms with Gasteiger partial charge in [-0.25, -0.2) is 0 Å². The molecule has 2 aromatic rings. The highest BCUT2D eigenvalue weighted by molar-refractivity contribution is 7.10. The van der Waals surface area contributed by atoms with Crippen molar-refractivity contribution in [3.05, 3.63) is 38.2 Å². The van der Waals surface area contributed by atoms with E-state index in [9.17, 15) is 0 Å². The van der Waals surface area contributed by atoms with E-state index in [0.717, 1.165) is 12.3 Å². The molecule has 1 unspecified atom stereocenters. The van der Waals surface area contributed by atoms with Crippen LogP contribution in [0.2, 0.25) is 0 Å². The first-order valence-corrected chi connectivity index (χ1v) is 7.41. The number of ether oxygens (including phenoxy) is 1. The maximum Gasteiger partial charge on any atom is 0.129 e. The van der Waals surface area contributed by atoms with Gasteiger partial charge in [-0.15, -0.1) is 22.7 Å². The summed E-state index contributed by atoms with van der Waals surface area (Å²) in [7, 11) is 1.71. The van der Waals surface area contributed by atoms with Crippen molar-refractivity contribution in [3.63, 3.8) is 0 Å². The molecule has 4 heteroatoms. The Balaban J connectivity index is 2.28. The lowest BCUT2D eigenvalue weighted by Crippen LogP contribution is -2.20. The number of nitrogens with one attached hydrogen (secondary N) is 1. The predicted octanol–water partition coefficient (Wildman–Crippen LogP) is 3.83. The molecule has 2 heterocycles.